The first-order valence-corrected chi connectivity index (χ1v) is 10.7. The summed E-state index contributed by atoms with van der Waals surface area (Å²) in [7, 11) is -0.692. The molecule has 0 aromatic heterocycles. The number of allylic oxidation sites excluding steroid dienone is 1. The maximum atomic E-state index is 13.5. The van der Waals surface area contributed by atoms with E-state index in [2.05, 4.69) is 6.58 Å². The zero-order valence-corrected chi connectivity index (χ0v) is 18.0. The van der Waals surface area contributed by atoms with Crippen molar-refractivity contribution in [1.82, 2.24) is 4.31 Å². The molecule has 29 heavy (non-hydrogen) atoms. The van der Waals surface area contributed by atoms with E-state index in [-0.39, 0.29) is 19.5 Å². The van der Waals surface area contributed by atoms with Crippen molar-refractivity contribution in [3.05, 3.63) is 72.3 Å². The maximum absolute atomic E-state index is 13.5. The van der Waals surface area contributed by atoms with E-state index < -0.39 is 21.4 Å². The first kappa shape index (κ1) is 22.9. The molecule has 0 radical (unpaired) electrons. The van der Waals surface area contributed by atoms with Crippen LogP contribution in [-0.4, -0.2) is 43.4 Å². The second-order valence-electron chi connectivity index (χ2n) is 7.07. The van der Waals surface area contributed by atoms with E-state index in [1.807, 2.05) is 24.3 Å². The van der Waals surface area contributed by atoms with E-state index in [0.717, 1.165) is 11.1 Å². The van der Waals surface area contributed by atoms with Gasteiger partial charge in [0.2, 0.25) is 10.0 Å². The predicted molar refractivity (Wildman–Crippen MR) is 114 cm³/mol. The number of nitrogens with zero attached hydrogens (tertiary/aromatic N) is 1. The molecule has 1 atom stereocenters. The molecule has 7 heteroatoms. The van der Waals surface area contributed by atoms with Gasteiger partial charge in [0.05, 0.1) is 20.8 Å². The first-order chi connectivity index (χ1) is 13.8. The lowest BCUT2D eigenvalue weighted by atomic mass is 10.1. The van der Waals surface area contributed by atoms with E-state index in [4.69, 9.17) is 9.47 Å². The molecule has 0 unspecified atom stereocenters. The van der Waals surface area contributed by atoms with Gasteiger partial charge in [0.15, 0.2) is 0 Å². The minimum absolute atomic E-state index is 0.146. The Hall–Kier alpha value is -2.35. The normalized spacial score (nSPS) is 13.7. The maximum Gasteiger partial charge on any atom is 0.222 e. The number of methoxy groups -OCH3 is 2. The van der Waals surface area contributed by atoms with Gasteiger partial charge in [0, 0.05) is 13.1 Å². The summed E-state index contributed by atoms with van der Waals surface area (Å²) in [4.78, 5) is 0. The summed E-state index contributed by atoms with van der Waals surface area (Å²) in [6.07, 6.45) is 1.67. The van der Waals surface area contributed by atoms with Crippen LogP contribution in [-0.2, 0) is 23.1 Å². The fourth-order valence-corrected chi connectivity index (χ4v) is 4.72. The third-order valence-corrected chi connectivity index (χ3v) is 7.39. The summed E-state index contributed by atoms with van der Waals surface area (Å²) in [5.74, 6) is 1.40. The van der Waals surface area contributed by atoms with E-state index in [9.17, 15) is 13.5 Å². The van der Waals surface area contributed by atoms with E-state index in [1.54, 1.807) is 45.4 Å². The van der Waals surface area contributed by atoms with Gasteiger partial charge in [-0.15, -0.1) is 6.58 Å². The Kier molecular flexibility index (Phi) is 7.84. The van der Waals surface area contributed by atoms with Gasteiger partial charge in [-0.1, -0.05) is 30.3 Å². The van der Waals surface area contributed by atoms with Crippen molar-refractivity contribution >= 4 is 10.0 Å². The SMILES string of the molecule is C=CC[C@](C)(CO)S(=O)(=O)N(Cc1ccc(OC)cc1)Cc1ccc(OC)cc1. The molecule has 0 amide bonds. The fourth-order valence-electron chi connectivity index (χ4n) is 2.96. The van der Waals surface area contributed by atoms with Crippen LogP contribution in [0.5, 0.6) is 11.5 Å². The Bertz CT molecular complexity index is 844. The Morgan fingerprint density at radius 3 is 1.69 bits per heavy atom. The molecule has 6 nitrogen and oxygen atoms in total. The molecular formula is C22H29NO5S. The molecule has 0 saturated heterocycles. The molecule has 0 heterocycles. The summed E-state index contributed by atoms with van der Waals surface area (Å²) >= 11 is 0. The molecular weight excluding hydrogens is 390 g/mol. The molecule has 2 rings (SSSR count). The van der Waals surface area contributed by atoms with Crippen molar-refractivity contribution in [2.45, 2.75) is 31.2 Å². The minimum atomic E-state index is -3.85. The van der Waals surface area contributed by atoms with Crippen LogP contribution in [0.3, 0.4) is 0 Å². The highest BCUT2D eigenvalue weighted by atomic mass is 32.2. The van der Waals surface area contributed by atoms with Gasteiger partial charge in [-0.2, -0.15) is 4.31 Å². The first-order valence-electron chi connectivity index (χ1n) is 9.27. The molecule has 0 bridgehead atoms. The quantitative estimate of drug-likeness (QED) is 0.565. The zero-order chi connectivity index (χ0) is 21.5. The minimum Gasteiger partial charge on any atom is -0.497 e. The molecule has 2 aromatic carbocycles. The number of aliphatic hydroxyl groups is 1. The highest BCUT2D eigenvalue weighted by molar-refractivity contribution is 7.90. The third-order valence-electron chi connectivity index (χ3n) is 4.91. The number of rotatable bonds is 11. The molecule has 0 spiro atoms. The van der Waals surface area contributed by atoms with Crippen molar-refractivity contribution in [3.63, 3.8) is 0 Å². The van der Waals surface area contributed by atoms with E-state index in [0.29, 0.717) is 11.5 Å². The Morgan fingerprint density at radius 2 is 1.38 bits per heavy atom. The fraction of sp³-hybridized carbons (Fsp3) is 0.364. The lowest BCUT2D eigenvalue weighted by molar-refractivity contribution is 0.240. The number of hydrogen-bond acceptors (Lipinski definition) is 5. The van der Waals surface area contributed by atoms with Crippen molar-refractivity contribution in [2.24, 2.45) is 0 Å². The Labute approximate surface area is 173 Å². The smallest absolute Gasteiger partial charge is 0.222 e. The lowest BCUT2D eigenvalue weighted by Gasteiger charge is -2.33. The molecule has 0 aliphatic heterocycles. The predicted octanol–water partition coefficient (Wildman–Crippen LogP) is 3.36. The summed E-state index contributed by atoms with van der Waals surface area (Å²) in [6.45, 7) is 5.04. The van der Waals surface area contributed by atoms with Crippen LogP contribution in [0.2, 0.25) is 0 Å². The van der Waals surface area contributed by atoms with Crippen LogP contribution in [0.1, 0.15) is 24.5 Å². The standard InChI is InChI=1S/C22H29NO5S/c1-5-14-22(2,17-24)29(25,26)23(15-18-6-10-20(27-3)11-7-18)16-19-8-12-21(28-4)13-9-19/h5-13,24H,1,14-17H2,2-4H3/t22-/m1/s1. The average molecular weight is 420 g/mol. The second-order valence-corrected chi connectivity index (χ2v) is 9.52. The van der Waals surface area contributed by atoms with Gasteiger partial charge in [-0.3, -0.25) is 0 Å². The highest BCUT2D eigenvalue weighted by Crippen LogP contribution is 2.29. The van der Waals surface area contributed by atoms with Crippen LogP contribution in [0.25, 0.3) is 0 Å². The van der Waals surface area contributed by atoms with Crippen LogP contribution in [0, 0.1) is 0 Å². The van der Waals surface area contributed by atoms with Gasteiger partial charge in [-0.05, 0) is 48.7 Å². The average Bonchev–Trinajstić information content (AvgIpc) is 2.74. The van der Waals surface area contributed by atoms with E-state index >= 15 is 0 Å². The number of ether oxygens (including phenoxy) is 2. The number of aliphatic hydroxyl groups excluding tert-OH is 1. The van der Waals surface area contributed by atoms with Crippen LogP contribution in [0.4, 0.5) is 0 Å². The molecule has 0 aliphatic rings. The van der Waals surface area contributed by atoms with Crippen LogP contribution in [0.15, 0.2) is 61.2 Å². The van der Waals surface area contributed by atoms with Gasteiger partial charge in [0.1, 0.15) is 16.2 Å². The van der Waals surface area contributed by atoms with Crippen LogP contribution < -0.4 is 9.47 Å². The van der Waals surface area contributed by atoms with Crippen molar-refractivity contribution in [3.8, 4) is 11.5 Å². The topological polar surface area (TPSA) is 76.1 Å². The summed E-state index contributed by atoms with van der Waals surface area (Å²) in [5.41, 5.74) is 1.64. The van der Waals surface area contributed by atoms with E-state index in [1.165, 1.54) is 10.4 Å². The van der Waals surface area contributed by atoms with Gasteiger partial charge >= 0.3 is 0 Å². The van der Waals surface area contributed by atoms with Gasteiger partial charge in [-0.25, -0.2) is 8.42 Å². The largest absolute Gasteiger partial charge is 0.497 e. The molecule has 0 saturated carbocycles. The lowest BCUT2D eigenvalue weighted by Crippen LogP contribution is -2.48. The second kappa shape index (κ2) is 9.91. The third kappa shape index (κ3) is 5.38. The number of benzene rings is 2. The summed E-state index contributed by atoms with van der Waals surface area (Å²) < 4.78 is 37.4. The molecule has 1 N–H and O–H groups in total. The highest BCUT2D eigenvalue weighted by Gasteiger charge is 2.42. The van der Waals surface area contributed by atoms with Crippen molar-refractivity contribution < 1.29 is 23.0 Å². The molecule has 2 aromatic rings. The summed E-state index contributed by atoms with van der Waals surface area (Å²) in [6, 6.07) is 14.5. The molecule has 0 fully saturated rings. The van der Waals surface area contributed by atoms with Crippen LogP contribution >= 0.6 is 0 Å². The van der Waals surface area contributed by atoms with Crippen molar-refractivity contribution in [2.75, 3.05) is 20.8 Å². The van der Waals surface area contributed by atoms with Gasteiger partial charge in [0.25, 0.3) is 0 Å². The number of sulfonamides is 1. The monoisotopic (exact) mass is 419 g/mol. The molecule has 158 valence electrons. The number of hydrogen-bond donors (Lipinski definition) is 1. The van der Waals surface area contributed by atoms with Gasteiger partial charge < -0.3 is 14.6 Å². The van der Waals surface area contributed by atoms with Crippen molar-refractivity contribution in [1.29, 1.82) is 0 Å². The molecule has 0 aliphatic carbocycles. The summed E-state index contributed by atoms with van der Waals surface area (Å²) in [5, 5.41) is 9.88. The Morgan fingerprint density at radius 1 is 0.966 bits per heavy atom. The zero-order valence-electron chi connectivity index (χ0n) is 17.2. The Balaban J connectivity index is 2.40.